The molecule has 2 nitrogen and oxygen atoms in total. The Labute approximate surface area is 114 Å². The van der Waals surface area contributed by atoms with Gasteiger partial charge in [-0.05, 0) is 12.0 Å². The molecule has 4 heteroatoms. The van der Waals surface area contributed by atoms with E-state index in [2.05, 4.69) is 24.4 Å². The Kier molecular flexibility index (Phi) is 8.34. The second-order valence-electron chi connectivity index (χ2n) is 4.53. The van der Waals surface area contributed by atoms with Gasteiger partial charge in [-0.2, -0.15) is 0 Å². The van der Waals surface area contributed by atoms with Crippen molar-refractivity contribution in [2.24, 2.45) is 0 Å². The van der Waals surface area contributed by atoms with Crippen LogP contribution >= 0.6 is 0 Å². The molecule has 0 aliphatic carbocycles. The molecule has 19 heavy (non-hydrogen) atoms. The summed E-state index contributed by atoms with van der Waals surface area (Å²) in [5.74, 6) is 0. The second kappa shape index (κ2) is 9.87. The van der Waals surface area contributed by atoms with Crippen LogP contribution in [-0.2, 0) is 4.74 Å². The lowest BCUT2D eigenvalue weighted by molar-refractivity contribution is 0.0181. The molecule has 0 aromatic heterocycles. The summed E-state index contributed by atoms with van der Waals surface area (Å²) in [6, 6.07) is 10.5. The summed E-state index contributed by atoms with van der Waals surface area (Å²) >= 11 is 0. The third kappa shape index (κ3) is 7.23. The Balaban J connectivity index is 2.34. The molecule has 0 heterocycles. The topological polar surface area (TPSA) is 21.3 Å². The van der Waals surface area contributed by atoms with Gasteiger partial charge in [0.1, 0.15) is 6.61 Å². The Morgan fingerprint density at radius 3 is 2.58 bits per heavy atom. The van der Waals surface area contributed by atoms with E-state index in [9.17, 15) is 8.78 Å². The van der Waals surface area contributed by atoms with Crippen molar-refractivity contribution >= 4 is 0 Å². The largest absolute Gasteiger partial charge is 0.374 e. The molecule has 1 unspecified atom stereocenters. The van der Waals surface area contributed by atoms with Gasteiger partial charge in [0.2, 0.25) is 0 Å². The van der Waals surface area contributed by atoms with E-state index < -0.39 is 13.0 Å². The van der Waals surface area contributed by atoms with E-state index in [0.717, 1.165) is 19.3 Å². The highest BCUT2D eigenvalue weighted by Crippen LogP contribution is 2.18. The number of halogens is 2. The van der Waals surface area contributed by atoms with E-state index in [4.69, 9.17) is 4.74 Å². The number of unbranched alkanes of at least 4 members (excludes halogenated alkanes) is 1. The standard InChI is InChI=1S/C15H23F2NO/c1-2-3-9-14(13-7-5-4-6-8-13)18-10-11-19-12-15(16)17/h4-8,14-15,18H,2-3,9-12H2,1H3. The number of benzene rings is 1. The van der Waals surface area contributed by atoms with E-state index in [1.807, 2.05) is 18.2 Å². The monoisotopic (exact) mass is 271 g/mol. The molecule has 0 radical (unpaired) electrons. The molecule has 0 saturated heterocycles. The van der Waals surface area contributed by atoms with Crippen LogP contribution in [0.5, 0.6) is 0 Å². The van der Waals surface area contributed by atoms with Gasteiger partial charge in [0.25, 0.3) is 6.43 Å². The third-order valence-corrected chi connectivity index (χ3v) is 2.93. The number of hydrogen-bond donors (Lipinski definition) is 1. The fourth-order valence-electron chi connectivity index (χ4n) is 1.96. The highest BCUT2D eigenvalue weighted by Gasteiger charge is 2.09. The highest BCUT2D eigenvalue weighted by molar-refractivity contribution is 5.18. The summed E-state index contributed by atoms with van der Waals surface area (Å²) < 4.78 is 28.7. The molecular formula is C15H23F2NO. The second-order valence-corrected chi connectivity index (χ2v) is 4.53. The Bertz CT molecular complexity index is 319. The minimum Gasteiger partial charge on any atom is -0.374 e. The van der Waals surface area contributed by atoms with Crippen LogP contribution in [0.2, 0.25) is 0 Å². The lowest BCUT2D eigenvalue weighted by atomic mass is 10.0. The van der Waals surface area contributed by atoms with E-state index >= 15 is 0 Å². The Morgan fingerprint density at radius 1 is 1.21 bits per heavy atom. The molecule has 108 valence electrons. The van der Waals surface area contributed by atoms with Gasteiger partial charge in [0.05, 0.1) is 6.61 Å². The summed E-state index contributed by atoms with van der Waals surface area (Å²) in [5.41, 5.74) is 1.24. The van der Waals surface area contributed by atoms with Gasteiger partial charge in [-0.3, -0.25) is 0 Å². The van der Waals surface area contributed by atoms with Crippen LogP contribution in [0.4, 0.5) is 8.78 Å². The number of rotatable bonds is 10. The first-order valence-electron chi connectivity index (χ1n) is 6.88. The van der Waals surface area contributed by atoms with Crippen molar-refractivity contribution in [1.29, 1.82) is 0 Å². The zero-order valence-corrected chi connectivity index (χ0v) is 11.4. The molecule has 1 aromatic carbocycles. The van der Waals surface area contributed by atoms with Crippen molar-refractivity contribution in [3.8, 4) is 0 Å². The number of hydrogen-bond acceptors (Lipinski definition) is 2. The van der Waals surface area contributed by atoms with Crippen molar-refractivity contribution in [2.45, 2.75) is 38.7 Å². The molecule has 1 N–H and O–H groups in total. The van der Waals surface area contributed by atoms with E-state index in [1.54, 1.807) is 0 Å². The first-order chi connectivity index (χ1) is 9.24. The average Bonchev–Trinajstić information content (AvgIpc) is 2.42. The summed E-state index contributed by atoms with van der Waals surface area (Å²) in [5, 5.41) is 3.37. The van der Waals surface area contributed by atoms with Gasteiger partial charge in [-0.25, -0.2) is 8.78 Å². The molecular weight excluding hydrogens is 248 g/mol. The maximum Gasteiger partial charge on any atom is 0.261 e. The quantitative estimate of drug-likeness (QED) is 0.654. The number of nitrogens with one attached hydrogen (secondary N) is 1. The predicted octanol–water partition coefficient (Wildman–Crippen LogP) is 3.79. The molecule has 0 fully saturated rings. The van der Waals surface area contributed by atoms with Crippen LogP contribution in [-0.4, -0.2) is 26.2 Å². The maximum atomic E-state index is 11.9. The van der Waals surface area contributed by atoms with Gasteiger partial charge in [-0.15, -0.1) is 0 Å². The molecule has 0 spiro atoms. The van der Waals surface area contributed by atoms with E-state index in [-0.39, 0.29) is 6.04 Å². The average molecular weight is 271 g/mol. The van der Waals surface area contributed by atoms with Crippen LogP contribution in [0.25, 0.3) is 0 Å². The normalized spacial score (nSPS) is 12.8. The first kappa shape index (κ1) is 16.1. The number of ether oxygens (including phenoxy) is 1. The van der Waals surface area contributed by atoms with Crippen molar-refractivity contribution in [3.05, 3.63) is 35.9 Å². The minimum absolute atomic E-state index is 0.274. The molecule has 1 rings (SSSR count). The number of alkyl halides is 2. The van der Waals surface area contributed by atoms with Crippen LogP contribution in [0.15, 0.2) is 30.3 Å². The van der Waals surface area contributed by atoms with Gasteiger partial charge in [-0.1, -0.05) is 50.1 Å². The van der Waals surface area contributed by atoms with Crippen LogP contribution < -0.4 is 5.32 Å². The van der Waals surface area contributed by atoms with Gasteiger partial charge in [0.15, 0.2) is 0 Å². The molecule has 1 aromatic rings. The molecule has 0 aliphatic heterocycles. The van der Waals surface area contributed by atoms with E-state index in [0.29, 0.717) is 13.2 Å². The zero-order chi connectivity index (χ0) is 13.9. The zero-order valence-electron chi connectivity index (χ0n) is 11.4. The van der Waals surface area contributed by atoms with Crippen molar-refractivity contribution in [2.75, 3.05) is 19.8 Å². The lowest BCUT2D eigenvalue weighted by Crippen LogP contribution is -2.26. The third-order valence-electron chi connectivity index (χ3n) is 2.93. The minimum atomic E-state index is -2.38. The van der Waals surface area contributed by atoms with Crippen LogP contribution in [0.1, 0.15) is 37.8 Å². The van der Waals surface area contributed by atoms with E-state index in [1.165, 1.54) is 5.56 Å². The summed E-state index contributed by atoms with van der Waals surface area (Å²) in [7, 11) is 0. The lowest BCUT2D eigenvalue weighted by Gasteiger charge is -2.19. The molecule has 0 saturated carbocycles. The summed E-state index contributed by atoms with van der Waals surface area (Å²) in [4.78, 5) is 0. The Hall–Kier alpha value is -1.00. The molecule has 0 bridgehead atoms. The smallest absolute Gasteiger partial charge is 0.261 e. The van der Waals surface area contributed by atoms with Crippen LogP contribution in [0, 0.1) is 0 Å². The molecule has 1 atom stereocenters. The SMILES string of the molecule is CCCCC(NCCOCC(F)F)c1ccccc1. The fourth-order valence-corrected chi connectivity index (χ4v) is 1.96. The van der Waals surface area contributed by atoms with Crippen LogP contribution in [0.3, 0.4) is 0 Å². The van der Waals surface area contributed by atoms with Gasteiger partial charge >= 0.3 is 0 Å². The highest BCUT2D eigenvalue weighted by atomic mass is 19.3. The van der Waals surface area contributed by atoms with Crippen molar-refractivity contribution in [3.63, 3.8) is 0 Å². The fraction of sp³-hybridized carbons (Fsp3) is 0.600. The molecule has 0 amide bonds. The van der Waals surface area contributed by atoms with Gasteiger partial charge < -0.3 is 10.1 Å². The Morgan fingerprint density at radius 2 is 1.95 bits per heavy atom. The summed E-state index contributed by atoms with van der Waals surface area (Å²) in [6.45, 7) is 2.59. The predicted molar refractivity (Wildman–Crippen MR) is 73.5 cm³/mol. The summed E-state index contributed by atoms with van der Waals surface area (Å²) in [6.07, 6.45) is 0.956. The van der Waals surface area contributed by atoms with Crippen molar-refractivity contribution in [1.82, 2.24) is 5.32 Å². The first-order valence-corrected chi connectivity index (χ1v) is 6.88. The maximum absolute atomic E-state index is 11.9. The van der Waals surface area contributed by atoms with Gasteiger partial charge in [0, 0.05) is 12.6 Å². The molecule has 0 aliphatic rings. The van der Waals surface area contributed by atoms with Crippen molar-refractivity contribution < 1.29 is 13.5 Å².